The maximum Gasteiger partial charge on any atom is 0.175 e. The maximum absolute atomic E-state index is 5.35. The molecule has 0 aliphatic carbocycles. The van der Waals surface area contributed by atoms with Gasteiger partial charge in [0.1, 0.15) is 22.5 Å². The van der Waals surface area contributed by atoms with Crippen molar-refractivity contribution >= 4 is 38.6 Å². The van der Waals surface area contributed by atoms with E-state index in [0.717, 1.165) is 15.7 Å². The molecular formula is C14H14BrN5O. The van der Waals surface area contributed by atoms with Gasteiger partial charge in [-0.15, -0.1) is 0 Å². The van der Waals surface area contributed by atoms with E-state index >= 15 is 0 Å². The monoisotopic (exact) mass is 347 g/mol. The van der Waals surface area contributed by atoms with Gasteiger partial charge in [0.15, 0.2) is 11.5 Å². The number of fused-ring (bicyclic) bond motifs is 1. The summed E-state index contributed by atoms with van der Waals surface area (Å²) in [5.41, 5.74) is 0.522. The van der Waals surface area contributed by atoms with Gasteiger partial charge in [0.25, 0.3) is 0 Å². The van der Waals surface area contributed by atoms with Crippen LogP contribution in [0, 0.1) is 0 Å². The predicted molar refractivity (Wildman–Crippen MR) is 83.5 cm³/mol. The smallest absolute Gasteiger partial charge is 0.175 e. The molecule has 3 aromatic heterocycles. The van der Waals surface area contributed by atoms with Crippen LogP contribution in [0.15, 0.2) is 33.7 Å². The third-order valence-electron chi connectivity index (χ3n) is 2.96. The number of nitrogens with zero attached hydrogens (tertiary/aromatic N) is 4. The van der Waals surface area contributed by atoms with Crippen LogP contribution in [0.1, 0.15) is 26.5 Å². The van der Waals surface area contributed by atoms with Crippen LogP contribution < -0.4 is 5.32 Å². The lowest BCUT2D eigenvalue weighted by Crippen LogP contribution is -2.09. The second-order valence-electron chi connectivity index (χ2n) is 5.68. The molecule has 0 radical (unpaired) electrons. The molecule has 0 saturated heterocycles. The molecule has 7 heteroatoms. The van der Waals surface area contributed by atoms with Crippen LogP contribution in [0.4, 0.5) is 11.6 Å². The third-order valence-corrected chi connectivity index (χ3v) is 3.40. The zero-order valence-corrected chi connectivity index (χ0v) is 13.5. The summed E-state index contributed by atoms with van der Waals surface area (Å²) in [5.74, 6) is 2.07. The first-order valence-corrected chi connectivity index (χ1v) is 7.24. The van der Waals surface area contributed by atoms with Crippen molar-refractivity contribution in [2.75, 3.05) is 5.32 Å². The van der Waals surface area contributed by atoms with Crippen molar-refractivity contribution in [2.45, 2.75) is 26.2 Å². The summed E-state index contributed by atoms with van der Waals surface area (Å²) in [6, 6.07) is 5.62. The molecule has 0 fully saturated rings. The van der Waals surface area contributed by atoms with E-state index in [1.54, 1.807) is 0 Å². The zero-order chi connectivity index (χ0) is 15.0. The summed E-state index contributed by atoms with van der Waals surface area (Å²) < 4.78 is 6.09. The summed E-state index contributed by atoms with van der Waals surface area (Å²) in [4.78, 5) is 12.7. The SMILES string of the molecule is CC(C)(C)c1cc(Nc2ncnc3nc(Br)ccc23)no1. The minimum Gasteiger partial charge on any atom is -0.359 e. The average Bonchev–Trinajstić information content (AvgIpc) is 2.87. The van der Waals surface area contributed by atoms with Gasteiger partial charge in [-0.1, -0.05) is 25.9 Å². The van der Waals surface area contributed by atoms with Crippen molar-refractivity contribution in [3.63, 3.8) is 0 Å². The number of anilines is 2. The fourth-order valence-corrected chi connectivity index (χ4v) is 2.13. The Morgan fingerprint density at radius 2 is 2.00 bits per heavy atom. The highest BCUT2D eigenvalue weighted by Gasteiger charge is 2.20. The molecule has 0 saturated carbocycles. The fraction of sp³-hybridized carbons (Fsp3) is 0.286. The van der Waals surface area contributed by atoms with E-state index in [-0.39, 0.29) is 5.41 Å². The molecule has 0 bridgehead atoms. The Morgan fingerprint density at radius 1 is 1.19 bits per heavy atom. The van der Waals surface area contributed by atoms with E-state index in [9.17, 15) is 0 Å². The summed E-state index contributed by atoms with van der Waals surface area (Å²) in [6.45, 7) is 6.20. The Balaban J connectivity index is 1.97. The first-order valence-electron chi connectivity index (χ1n) is 6.45. The van der Waals surface area contributed by atoms with Crippen molar-refractivity contribution in [1.82, 2.24) is 20.1 Å². The quantitative estimate of drug-likeness (QED) is 0.710. The topological polar surface area (TPSA) is 76.7 Å². The van der Waals surface area contributed by atoms with Gasteiger partial charge < -0.3 is 9.84 Å². The van der Waals surface area contributed by atoms with Gasteiger partial charge in [0.2, 0.25) is 0 Å². The minimum atomic E-state index is -0.0902. The lowest BCUT2D eigenvalue weighted by atomic mass is 9.93. The lowest BCUT2D eigenvalue weighted by molar-refractivity contribution is 0.331. The number of nitrogens with one attached hydrogen (secondary N) is 1. The molecule has 0 aliphatic rings. The van der Waals surface area contributed by atoms with Crippen molar-refractivity contribution in [3.8, 4) is 0 Å². The van der Waals surface area contributed by atoms with Crippen molar-refractivity contribution in [1.29, 1.82) is 0 Å². The highest BCUT2D eigenvalue weighted by molar-refractivity contribution is 9.10. The molecule has 1 N–H and O–H groups in total. The van der Waals surface area contributed by atoms with Crippen LogP contribution in [-0.4, -0.2) is 20.1 Å². The molecule has 3 aromatic rings. The molecule has 3 heterocycles. The Bertz CT molecular complexity index is 793. The molecule has 6 nitrogen and oxygen atoms in total. The number of rotatable bonds is 2. The molecule has 0 atom stereocenters. The van der Waals surface area contributed by atoms with Crippen molar-refractivity contribution < 1.29 is 4.52 Å². The summed E-state index contributed by atoms with van der Waals surface area (Å²) in [7, 11) is 0. The highest BCUT2D eigenvalue weighted by Crippen LogP contribution is 2.27. The fourth-order valence-electron chi connectivity index (χ4n) is 1.83. The van der Waals surface area contributed by atoms with Crippen LogP contribution in [0.5, 0.6) is 0 Å². The average molecular weight is 348 g/mol. The number of aromatic nitrogens is 4. The minimum absolute atomic E-state index is 0.0902. The van der Waals surface area contributed by atoms with Gasteiger partial charge >= 0.3 is 0 Å². The molecule has 0 aliphatic heterocycles. The Labute approximate surface area is 130 Å². The Kier molecular flexibility index (Phi) is 3.36. The van der Waals surface area contributed by atoms with E-state index in [4.69, 9.17) is 4.52 Å². The summed E-state index contributed by atoms with van der Waals surface area (Å²) in [6.07, 6.45) is 1.47. The first kappa shape index (κ1) is 13.9. The van der Waals surface area contributed by atoms with E-state index < -0.39 is 0 Å². The van der Waals surface area contributed by atoms with E-state index in [1.807, 2.05) is 18.2 Å². The van der Waals surface area contributed by atoms with Gasteiger partial charge in [-0.25, -0.2) is 15.0 Å². The number of hydrogen-bond acceptors (Lipinski definition) is 6. The van der Waals surface area contributed by atoms with Gasteiger partial charge in [-0.2, -0.15) is 0 Å². The summed E-state index contributed by atoms with van der Waals surface area (Å²) in [5, 5.41) is 7.99. The van der Waals surface area contributed by atoms with E-state index in [0.29, 0.717) is 17.3 Å². The molecule has 0 aromatic carbocycles. The second-order valence-corrected chi connectivity index (χ2v) is 6.49. The molecule has 108 valence electrons. The van der Waals surface area contributed by atoms with E-state index in [1.165, 1.54) is 6.33 Å². The molecule has 21 heavy (non-hydrogen) atoms. The molecule has 0 spiro atoms. The predicted octanol–water partition coefficient (Wildman–Crippen LogP) is 3.82. The van der Waals surface area contributed by atoms with Gasteiger partial charge in [-0.05, 0) is 28.1 Å². The standard InChI is InChI=1S/C14H14BrN5O/c1-14(2,3)9-6-11(20-21-9)19-13-8-4-5-10(15)18-12(8)16-7-17-13/h4-7H,1-3H3,(H,16,17,18,19,20). The first-order chi connectivity index (χ1) is 9.93. The van der Waals surface area contributed by atoms with Crippen LogP contribution in [0.25, 0.3) is 11.0 Å². The van der Waals surface area contributed by atoms with Gasteiger partial charge in [0.05, 0.1) is 5.39 Å². The summed E-state index contributed by atoms with van der Waals surface area (Å²) >= 11 is 3.33. The van der Waals surface area contributed by atoms with Crippen LogP contribution in [0.2, 0.25) is 0 Å². The van der Waals surface area contributed by atoms with Crippen LogP contribution in [0.3, 0.4) is 0 Å². The zero-order valence-electron chi connectivity index (χ0n) is 11.9. The van der Waals surface area contributed by atoms with E-state index in [2.05, 4.69) is 62.1 Å². The van der Waals surface area contributed by atoms with Crippen molar-refractivity contribution in [2.24, 2.45) is 0 Å². The van der Waals surface area contributed by atoms with Gasteiger partial charge in [-0.3, -0.25) is 0 Å². The number of pyridine rings is 1. The molecular weight excluding hydrogens is 334 g/mol. The molecule has 3 rings (SSSR count). The molecule has 0 unspecified atom stereocenters. The number of halogens is 1. The van der Waals surface area contributed by atoms with Crippen molar-refractivity contribution in [3.05, 3.63) is 34.9 Å². The number of hydrogen-bond donors (Lipinski definition) is 1. The third kappa shape index (κ3) is 2.87. The van der Waals surface area contributed by atoms with Crippen LogP contribution >= 0.6 is 15.9 Å². The van der Waals surface area contributed by atoms with Crippen LogP contribution in [-0.2, 0) is 5.41 Å². The normalized spacial score (nSPS) is 11.8. The Morgan fingerprint density at radius 3 is 2.71 bits per heavy atom. The lowest BCUT2D eigenvalue weighted by Gasteiger charge is -2.12. The maximum atomic E-state index is 5.35. The van der Waals surface area contributed by atoms with Gasteiger partial charge in [0, 0.05) is 11.5 Å². The second kappa shape index (κ2) is 5.07. The highest BCUT2D eigenvalue weighted by atomic mass is 79.9. The Hall–Kier alpha value is -2.02. The molecule has 0 amide bonds. The largest absolute Gasteiger partial charge is 0.359 e.